The maximum atomic E-state index is 13.7. The molecule has 1 unspecified atom stereocenters. The maximum absolute atomic E-state index is 13.7. The summed E-state index contributed by atoms with van der Waals surface area (Å²) in [5, 5.41) is 14.2. The molecular weight excluding hydrogens is 560 g/mol. The molecule has 0 saturated carbocycles. The zero-order valence-corrected chi connectivity index (χ0v) is 24.0. The molecule has 0 aliphatic carbocycles. The first-order chi connectivity index (χ1) is 19.5. The van der Waals surface area contributed by atoms with Crippen LogP contribution < -0.4 is 10.3 Å². The Kier molecular flexibility index (Phi) is 8.92. The highest BCUT2D eigenvalue weighted by Gasteiger charge is 2.38. The second-order valence-electron chi connectivity index (χ2n) is 9.54. The van der Waals surface area contributed by atoms with E-state index in [2.05, 4.69) is 24.6 Å². The Hall–Kier alpha value is -4.05. The number of H-pyrrole nitrogens is 1. The van der Waals surface area contributed by atoms with Gasteiger partial charge in [0.25, 0.3) is 10.6 Å². The number of sulfonamides is 1. The summed E-state index contributed by atoms with van der Waals surface area (Å²) in [6.07, 6.45) is 0.245. The second kappa shape index (κ2) is 12.2. The van der Waals surface area contributed by atoms with Gasteiger partial charge in [-0.15, -0.1) is 10.1 Å². The van der Waals surface area contributed by atoms with Gasteiger partial charge in [0, 0.05) is 20.1 Å². The largest absolute Gasteiger partial charge is 0.493 e. The minimum Gasteiger partial charge on any atom is -0.493 e. The third kappa shape index (κ3) is 6.02. The molecule has 222 valence electrons. The number of aryl methyl sites for hydroxylation is 2. The van der Waals surface area contributed by atoms with Gasteiger partial charge in [-0.05, 0) is 50.3 Å². The number of methoxy groups -OCH3 is 1. The highest BCUT2D eigenvalue weighted by molar-refractivity contribution is 7.89. The molecule has 1 atom stereocenters. The van der Waals surface area contributed by atoms with Crippen molar-refractivity contribution in [3.8, 4) is 17.1 Å². The molecule has 1 N–H and O–H groups in total. The molecule has 1 fully saturated rings. The normalized spacial score (nSPS) is 15.5. The number of benzene rings is 1. The summed E-state index contributed by atoms with van der Waals surface area (Å²) in [6, 6.07) is 4.32. The van der Waals surface area contributed by atoms with Crippen molar-refractivity contribution in [3.63, 3.8) is 0 Å². The average molecular weight is 593 g/mol. The Morgan fingerprint density at radius 2 is 1.98 bits per heavy atom. The second-order valence-corrected chi connectivity index (χ2v) is 11.5. The van der Waals surface area contributed by atoms with Crippen LogP contribution in [0, 0.1) is 16.0 Å². The van der Waals surface area contributed by atoms with Crippen LogP contribution in [0.25, 0.3) is 22.4 Å². The van der Waals surface area contributed by atoms with Gasteiger partial charge in [0.2, 0.25) is 16.1 Å². The topological polar surface area (TPSA) is 189 Å². The molecule has 41 heavy (non-hydrogen) atoms. The molecule has 3 heterocycles. The third-order valence-corrected chi connectivity index (χ3v) is 8.85. The van der Waals surface area contributed by atoms with E-state index in [9.17, 15) is 28.1 Å². The summed E-state index contributed by atoms with van der Waals surface area (Å²) < 4.78 is 40.4. The van der Waals surface area contributed by atoms with E-state index in [-0.39, 0.29) is 36.7 Å². The summed E-state index contributed by atoms with van der Waals surface area (Å²) in [5.41, 5.74) is 1.28. The van der Waals surface area contributed by atoms with Crippen molar-refractivity contribution in [1.29, 1.82) is 0 Å². The number of piperidine rings is 1. The van der Waals surface area contributed by atoms with Crippen LogP contribution in [0.4, 0.5) is 0 Å². The predicted octanol–water partition coefficient (Wildman–Crippen LogP) is 1.83. The highest BCUT2D eigenvalue weighted by Crippen LogP contribution is 2.34. The smallest absolute Gasteiger partial charge is 0.335 e. The number of carbonyl (C=O) groups excluding carboxylic acids is 1. The summed E-state index contributed by atoms with van der Waals surface area (Å²) in [6.45, 7) is 4.07. The fourth-order valence-electron chi connectivity index (χ4n) is 5.01. The quantitative estimate of drug-likeness (QED) is 0.194. The van der Waals surface area contributed by atoms with Gasteiger partial charge in [0.15, 0.2) is 5.52 Å². The zero-order valence-electron chi connectivity index (χ0n) is 23.2. The highest BCUT2D eigenvalue weighted by atomic mass is 32.2. The van der Waals surface area contributed by atoms with E-state index >= 15 is 0 Å². The number of aromatic amines is 1. The number of esters is 1. The lowest BCUT2D eigenvalue weighted by Gasteiger charge is -2.33. The lowest BCUT2D eigenvalue weighted by atomic mass is 9.92. The Bertz CT molecular complexity index is 1610. The van der Waals surface area contributed by atoms with Crippen molar-refractivity contribution in [2.45, 2.75) is 50.5 Å². The van der Waals surface area contributed by atoms with Crippen LogP contribution in [0.5, 0.6) is 5.75 Å². The van der Waals surface area contributed by atoms with Gasteiger partial charge >= 0.3 is 5.97 Å². The number of carbonyl (C=O) groups is 1. The van der Waals surface area contributed by atoms with Crippen molar-refractivity contribution in [2.24, 2.45) is 13.0 Å². The molecule has 1 aliphatic rings. The van der Waals surface area contributed by atoms with Crippen LogP contribution >= 0.6 is 0 Å². The number of rotatable bonds is 11. The van der Waals surface area contributed by atoms with Crippen molar-refractivity contribution >= 4 is 27.0 Å². The lowest BCUT2D eigenvalue weighted by molar-refractivity contribution is -0.767. The first-order valence-corrected chi connectivity index (χ1v) is 14.6. The molecule has 0 radical (unpaired) electrons. The Morgan fingerprint density at radius 1 is 1.27 bits per heavy atom. The number of ether oxygens (including phenoxy) is 2. The molecule has 2 aromatic heterocycles. The zero-order chi connectivity index (χ0) is 29.9. The number of fused-ring (bicyclic) bond motifs is 1. The van der Waals surface area contributed by atoms with Crippen LogP contribution in [0.1, 0.15) is 38.8 Å². The van der Waals surface area contributed by atoms with Crippen LogP contribution in [0.3, 0.4) is 0 Å². The van der Waals surface area contributed by atoms with E-state index < -0.39 is 38.7 Å². The molecule has 1 aromatic carbocycles. The maximum Gasteiger partial charge on any atom is 0.335 e. The Labute approximate surface area is 235 Å². The van der Waals surface area contributed by atoms with Crippen molar-refractivity contribution in [1.82, 2.24) is 24.1 Å². The standard InChI is InChI=1S/C25H32N6O9S/c1-5-7-18-20-21(29(3)28-18)24(32)27-23(26-20)17-14-16(8-9-19(17)39-6-2)41(36,37)30-12-10-15(11-13-30)22(25(33)38-4)40-31(34)35/h8-9,14-15,22H,5-7,10-13H2,1-4H3,(H,26,27,32). The van der Waals surface area contributed by atoms with E-state index in [0.717, 1.165) is 13.5 Å². The molecule has 0 spiro atoms. The van der Waals surface area contributed by atoms with E-state index in [0.29, 0.717) is 41.1 Å². The van der Waals surface area contributed by atoms with Crippen LogP contribution in [-0.4, -0.2) is 76.4 Å². The van der Waals surface area contributed by atoms with Gasteiger partial charge in [-0.3, -0.25) is 14.3 Å². The average Bonchev–Trinajstić information content (AvgIpc) is 3.27. The lowest BCUT2D eigenvalue weighted by Crippen LogP contribution is -2.44. The number of hydrogen-bond donors (Lipinski definition) is 1. The van der Waals surface area contributed by atoms with E-state index in [1.807, 2.05) is 6.92 Å². The minimum absolute atomic E-state index is 0.00121. The van der Waals surface area contributed by atoms with Crippen molar-refractivity contribution in [3.05, 3.63) is 44.4 Å². The van der Waals surface area contributed by atoms with Crippen molar-refractivity contribution < 1.29 is 32.6 Å². The number of aromatic nitrogens is 4. The molecule has 3 aromatic rings. The van der Waals surface area contributed by atoms with Gasteiger partial charge in [-0.25, -0.2) is 18.2 Å². The van der Waals surface area contributed by atoms with Crippen LogP contribution in [0.2, 0.25) is 0 Å². The molecule has 16 heteroatoms. The molecule has 4 rings (SSSR count). The summed E-state index contributed by atoms with van der Waals surface area (Å²) >= 11 is 0. The van der Waals surface area contributed by atoms with Gasteiger partial charge in [-0.2, -0.15) is 9.40 Å². The van der Waals surface area contributed by atoms with Crippen LogP contribution in [-0.2, 0) is 37.9 Å². The van der Waals surface area contributed by atoms with Gasteiger partial charge in [0.1, 0.15) is 17.1 Å². The molecule has 1 saturated heterocycles. The van der Waals surface area contributed by atoms with E-state index in [1.54, 1.807) is 14.0 Å². The molecular formula is C25H32N6O9S. The van der Waals surface area contributed by atoms with Crippen LogP contribution in [0.15, 0.2) is 27.9 Å². The SMILES string of the molecule is CCCc1nn(C)c2c(=O)[nH]c(-c3cc(S(=O)(=O)N4CCC(C(O[N+](=O)[O-])C(=O)OC)CC4)ccc3OCC)nc12. The molecule has 0 amide bonds. The number of nitrogens with zero attached hydrogens (tertiary/aromatic N) is 5. The first kappa shape index (κ1) is 29.9. The molecule has 1 aliphatic heterocycles. The van der Waals surface area contributed by atoms with E-state index in [4.69, 9.17) is 4.74 Å². The molecule has 15 nitrogen and oxygen atoms in total. The van der Waals surface area contributed by atoms with Gasteiger partial charge < -0.3 is 14.5 Å². The monoisotopic (exact) mass is 592 g/mol. The Balaban J connectivity index is 1.68. The Morgan fingerprint density at radius 3 is 2.59 bits per heavy atom. The van der Waals surface area contributed by atoms with E-state index in [1.165, 1.54) is 27.2 Å². The predicted molar refractivity (Wildman–Crippen MR) is 145 cm³/mol. The summed E-state index contributed by atoms with van der Waals surface area (Å²) in [5.74, 6) is -1.02. The summed E-state index contributed by atoms with van der Waals surface area (Å²) in [7, 11) is -1.28. The number of hydrogen-bond acceptors (Lipinski definition) is 11. The van der Waals surface area contributed by atoms with Crippen molar-refractivity contribution in [2.75, 3.05) is 26.8 Å². The fourth-order valence-corrected chi connectivity index (χ4v) is 6.51. The number of nitrogens with one attached hydrogen (secondary N) is 1. The molecule has 0 bridgehead atoms. The minimum atomic E-state index is -4.04. The first-order valence-electron chi connectivity index (χ1n) is 13.1. The van der Waals surface area contributed by atoms with Gasteiger partial charge in [-0.1, -0.05) is 13.3 Å². The summed E-state index contributed by atoms with van der Waals surface area (Å²) in [4.78, 5) is 47.8. The fraction of sp³-hybridized carbons (Fsp3) is 0.520. The third-order valence-electron chi connectivity index (χ3n) is 6.95. The van der Waals surface area contributed by atoms with Gasteiger partial charge in [0.05, 0.1) is 29.9 Å².